The third-order valence-corrected chi connectivity index (χ3v) is 4.29. The molecule has 3 heterocycles. The lowest BCUT2D eigenvalue weighted by molar-refractivity contribution is -0.328. The quantitative estimate of drug-likeness (QED) is 0.418. The summed E-state index contributed by atoms with van der Waals surface area (Å²) >= 11 is 0. The summed E-state index contributed by atoms with van der Waals surface area (Å²) in [6, 6.07) is 0. The number of hydrogen-bond donors (Lipinski definition) is 4. The number of ether oxygens (including phenoxy) is 5. The molecular formula is C12H20O9. The van der Waals surface area contributed by atoms with Gasteiger partial charge in [0.25, 0.3) is 0 Å². The molecule has 3 aliphatic heterocycles. The zero-order chi connectivity index (χ0) is 15.2. The zero-order valence-corrected chi connectivity index (χ0v) is 11.5. The second-order valence-electron chi connectivity index (χ2n) is 5.42. The van der Waals surface area contributed by atoms with Gasteiger partial charge in [-0.2, -0.15) is 0 Å². The summed E-state index contributed by atoms with van der Waals surface area (Å²) in [5, 5.41) is 38.2. The van der Waals surface area contributed by atoms with E-state index in [4.69, 9.17) is 28.8 Å². The van der Waals surface area contributed by atoms with Gasteiger partial charge in [0.15, 0.2) is 18.2 Å². The SMILES string of the molecule is CO[C@H]1O[C@H](CO)[C@]2(O[C@H]3O[C@H](CO)[C@@H](O)[C@@H]3O)CO[C@H]12. The number of rotatable bonds is 5. The van der Waals surface area contributed by atoms with Crippen molar-refractivity contribution in [2.24, 2.45) is 0 Å². The minimum absolute atomic E-state index is 0.148. The zero-order valence-electron chi connectivity index (χ0n) is 11.5. The molecule has 122 valence electrons. The molecule has 3 fully saturated rings. The van der Waals surface area contributed by atoms with Gasteiger partial charge in [0.05, 0.1) is 19.8 Å². The Bertz CT molecular complexity index is 374. The van der Waals surface area contributed by atoms with E-state index in [0.717, 1.165) is 0 Å². The van der Waals surface area contributed by atoms with E-state index in [1.807, 2.05) is 0 Å². The maximum atomic E-state index is 9.94. The first-order chi connectivity index (χ1) is 10.1. The third kappa shape index (κ3) is 2.21. The van der Waals surface area contributed by atoms with E-state index in [1.54, 1.807) is 0 Å². The molecule has 0 bridgehead atoms. The van der Waals surface area contributed by atoms with Crippen molar-refractivity contribution in [2.45, 2.75) is 48.7 Å². The molecule has 0 amide bonds. The number of hydrogen-bond acceptors (Lipinski definition) is 9. The van der Waals surface area contributed by atoms with Gasteiger partial charge in [0.1, 0.15) is 30.5 Å². The van der Waals surface area contributed by atoms with Gasteiger partial charge in [-0.3, -0.25) is 0 Å². The molecule has 21 heavy (non-hydrogen) atoms. The summed E-state index contributed by atoms with van der Waals surface area (Å²) in [6.07, 6.45) is -6.55. The monoisotopic (exact) mass is 308 g/mol. The first kappa shape index (κ1) is 15.5. The third-order valence-electron chi connectivity index (χ3n) is 4.29. The van der Waals surface area contributed by atoms with Crippen LogP contribution >= 0.6 is 0 Å². The molecule has 0 aromatic rings. The second-order valence-corrected chi connectivity index (χ2v) is 5.42. The van der Waals surface area contributed by atoms with Gasteiger partial charge in [-0.25, -0.2) is 0 Å². The van der Waals surface area contributed by atoms with Crippen LogP contribution < -0.4 is 0 Å². The molecule has 0 aromatic carbocycles. The van der Waals surface area contributed by atoms with Crippen molar-refractivity contribution in [3.8, 4) is 0 Å². The van der Waals surface area contributed by atoms with Gasteiger partial charge < -0.3 is 44.1 Å². The minimum atomic E-state index is -1.31. The average Bonchev–Trinajstić information content (AvgIpc) is 2.86. The largest absolute Gasteiger partial charge is 0.394 e. The normalized spacial score (nSPS) is 52.7. The number of aliphatic hydroxyl groups is 4. The molecule has 0 aromatic heterocycles. The maximum Gasteiger partial charge on any atom is 0.187 e. The highest BCUT2D eigenvalue weighted by molar-refractivity contribution is 5.10. The van der Waals surface area contributed by atoms with Crippen LogP contribution in [0.15, 0.2) is 0 Å². The van der Waals surface area contributed by atoms with E-state index in [1.165, 1.54) is 7.11 Å². The van der Waals surface area contributed by atoms with Crippen molar-refractivity contribution in [1.29, 1.82) is 0 Å². The highest BCUT2D eigenvalue weighted by atomic mass is 16.8. The molecule has 3 aliphatic rings. The van der Waals surface area contributed by atoms with E-state index in [0.29, 0.717) is 0 Å². The maximum absolute atomic E-state index is 9.94. The van der Waals surface area contributed by atoms with E-state index in [2.05, 4.69) is 0 Å². The Hall–Kier alpha value is -0.360. The van der Waals surface area contributed by atoms with Gasteiger partial charge in [-0.1, -0.05) is 0 Å². The molecule has 9 nitrogen and oxygen atoms in total. The molecule has 0 unspecified atom stereocenters. The Morgan fingerprint density at radius 3 is 2.33 bits per heavy atom. The summed E-state index contributed by atoms with van der Waals surface area (Å²) in [6.45, 7) is -0.602. The molecule has 3 saturated heterocycles. The molecular weight excluding hydrogens is 288 g/mol. The first-order valence-electron chi connectivity index (χ1n) is 6.78. The van der Waals surface area contributed by atoms with E-state index in [9.17, 15) is 15.3 Å². The van der Waals surface area contributed by atoms with Crippen molar-refractivity contribution in [2.75, 3.05) is 26.9 Å². The minimum Gasteiger partial charge on any atom is -0.394 e. The second kappa shape index (κ2) is 5.69. The molecule has 3 rings (SSSR count). The summed E-state index contributed by atoms with van der Waals surface area (Å²) in [4.78, 5) is 0. The van der Waals surface area contributed by atoms with Gasteiger partial charge in [-0.05, 0) is 0 Å². The Balaban J connectivity index is 1.74. The molecule has 0 radical (unpaired) electrons. The van der Waals surface area contributed by atoms with Gasteiger partial charge in [0, 0.05) is 7.11 Å². The van der Waals surface area contributed by atoms with Gasteiger partial charge >= 0.3 is 0 Å². The van der Waals surface area contributed by atoms with Crippen LogP contribution in [0.25, 0.3) is 0 Å². The average molecular weight is 308 g/mol. The fraction of sp³-hybridized carbons (Fsp3) is 1.00. The molecule has 4 N–H and O–H groups in total. The van der Waals surface area contributed by atoms with Crippen molar-refractivity contribution in [1.82, 2.24) is 0 Å². The van der Waals surface area contributed by atoms with E-state index >= 15 is 0 Å². The van der Waals surface area contributed by atoms with Crippen LogP contribution in [0.3, 0.4) is 0 Å². The van der Waals surface area contributed by atoms with Crippen LogP contribution in [0.4, 0.5) is 0 Å². The van der Waals surface area contributed by atoms with Crippen LogP contribution in [0.2, 0.25) is 0 Å². The van der Waals surface area contributed by atoms with Gasteiger partial charge in [0.2, 0.25) is 0 Å². The molecule has 0 aliphatic carbocycles. The Labute approximate surface area is 120 Å². The van der Waals surface area contributed by atoms with Crippen LogP contribution in [-0.4, -0.2) is 96.1 Å². The van der Waals surface area contributed by atoms with Crippen molar-refractivity contribution < 1.29 is 44.1 Å². The lowest BCUT2D eigenvalue weighted by Gasteiger charge is -2.47. The highest BCUT2D eigenvalue weighted by Crippen LogP contribution is 2.46. The van der Waals surface area contributed by atoms with Crippen LogP contribution in [0.1, 0.15) is 0 Å². The summed E-state index contributed by atoms with van der Waals surface area (Å²) in [5.41, 5.74) is -1.01. The topological polar surface area (TPSA) is 127 Å². The van der Waals surface area contributed by atoms with Crippen LogP contribution in [0, 0.1) is 0 Å². The molecule has 8 atom stereocenters. The summed E-state index contributed by atoms with van der Waals surface area (Å²) < 4.78 is 27.1. The number of methoxy groups -OCH3 is 1. The fourth-order valence-corrected chi connectivity index (χ4v) is 3.01. The Morgan fingerprint density at radius 2 is 1.86 bits per heavy atom. The Kier molecular flexibility index (Phi) is 4.21. The summed E-state index contributed by atoms with van der Waals surface area (Å²) in [5.74, 6) is 0. The first-order valence-corrected chi connectivity index (χ1v) is 6.78. The fourth-order valence-electron chi connectivity index (χ4n) is 3.01. The smallest absolute Gasteiger partial charge is 0.187 e. The predicted octanol–water partition coefficient (Wildman–Crippen LogP) is -3.06. The lowest BCUT2D eigenvalue weighted by atomic mass is 9.88. The van der Waals surface area contributed by atoms with Crippen molar-refractivity contribution in [3.63, 3.8) is 0 Å². The molecule has 9 heteroatoms. The van der Waals surface area contributed by atoms with Crippen LogP contribution in [0.5, 0.6) is 0 Å². The predicted molar refractivity (Wildman–Crippen MR) is 64.1 cm³/mol. The van der Waals surface area contributed by atoms with E-state index < -0.39 is 55.3 Å². The van der Waals surface area contributed by atoms with Crippen LogP contribution in [-0.2, 0) is 23.7 Å². The number of fused-ring (bicyclic) bond motifs is 1. The standard InChI is InChI=1S/C12H20O9/c1-17-11-9-12(4-18-9,6(3-14)20-11)21-10-8(16)7(15)5(2-13)19-10/h5-11,13-16H,2-4H2,1H3/t5-,6-,7-,8+,9-,10-,11+,12-/m1/s1. The van der Waals surface area contributed by atoms with Crippen molar-refractivity contribution in [3.05, 3.63) is 0 Å². The van der Waals surface area contributed by atoms with E-state index in [-0.39, 0.29) is 13.2 Å². The molecule has 0 saturated carbocycles. The Morgan fingerprint density at radius 1 is 1.10 bits per heavy atom. The summed E-state index contributed by atoms with van der Waals surface area (Å²) in [7, 11) is 1.45. The van der Waals surface area contributed by atoms with Gasteiger partial charge in [-0.15, -0.1) is 0 Å². The highest BCUT2D eigenvalue weighted by Gasteiger charge is 2.67. The number of aliphatic hydroxyl groups excluding tert-OH is 4. The molecule has 0 spiro atoms. The lowest BCUT2D eigenvalue weighted by Crippen LogP contribution is -2.66. The van der Waals surface area contributed by atoms with Crippen molar-refractivity contribution >= 4 is 0 Å².